The Hall–Kier alpha value is -1.76. The second kappa shape index (κ2) is 4.25. The quantitative estimate of drug-likeness (QED) is 0.359. The third-order valence-corrected chi connectivity index (χ3v) is 2.97. The predicted molar refractivity (Wildman–Crippen MR) is 67.3 cm³/mol. The lowest BCUT2D eigenvalue weighted by Crippen LogP contribution is -2.25. The average Bonchev–Trinajstić information content (AvgIpc) is 2.58. The first kappa shape index (κ1) is 11.7. The van der Waals surface area contributed by atoms with Crippen LogP contribution in [0.1, 0.15) is 6.42 Å². The van der Waals surface area contributed by atoms with E-state index in [0.29, 0.717) is 24.3 Å². The third-order valence-electron chi connectivity index (χ3n) is 2.62. The van der Waals surface area contributed by atoms with Crippen molar-refractivity contribution in [3.63, 3.8) is 0 Å². The lowest BCUT2D eigenvalue weighted by Gasteiger charge is -2.17. The molecule has 0 radical (unpaired) electrons. The first-order valence-electron chi connectivity index (χ1n) is 5.01. The molecule has 1 aliphatic heterocycles. The van der Waals surface area contributed by atoms with Gasteiger partial charge in [-0.2, -0.15) is 12.6 Å². The summed E-state index contributed by atoms with van der Waals surface area (Å²) < 4.78 is 0. The fourth-order valence-electron chi connectivity index (χ4n) is 1.80. The molecule has 1 aliphatic rings. The van der Waals surface area contributed by atoms with Gasteiger partial charge in [0.2, 0.25) is 5.91 Å². The van der Waals surface area contributed by atoms with Crippen LogP contribution >= 0.6 is 12.6 Å². The van der Waals surface area contributed by atoms with Crippen LogP contribution in [0.15, 0.2) is 18.2 Å². The van der Waals surface area contributed by atoms with Crippen molar-refractivity contribution in [2.45, 2.75) is 11.7 Å². The number of rotatable bonds is 2. The van der Waals surface area contributed by atoms with E-state index in [-0.39, 0.29) is 16.8 Å². The largest absolute Gasteiger partial charge is 0.397 e. The van der Waals surface area contributed by atoms with E-state index in [2.05, 4.69) is 12.6 Å². The van der Waals surface area contributed by atoms with Gasteiger partial charge >= 0.3 is 0 Å². The van der Waals surface area contributed by atoms with E-state index in [1.54, 1.807) is 0 Å². The second-order valence-corrected chi connectivity index (χ2v) is 4.59. The van der Waals surface area contributed by atoms with E-state index in [1.807, 2.05) is 0 Å². The van der Waals surface area contributed by atoms with E-state index >= 15 is 0 Å². The molecule has 6 nitrogen and oxygen atoms in total. The Kier molecular flexibility index (Phi) is 2.93. The molecule has 1 atom stereocenters. The molecule has 0 aliphatic carbocycles. The molecule has 1 amide bonds. The van der Waals surface area contributed by atoms with Crippen molar-refractivity contribution < 1.29 is 9.72 Å². The van der Waals surface area contributed by atoms with Gasteiger partial charge in [-0.05, 0) is 6.07 Å². The van der Waals surface area contributed by atoms with E-state index in [4.69, 9.17) is 5.73 Å². The molecule has 1 saturated heterocycles. The highest BCUT2D eigenvalue weighted by Crippen LogP contribution is 2.32. The lowest BCUT2D eigenvalue weighted by molar-refractivity contribution is -0.384. The number of benzene rings is 1. The van der Waals surface area contributed by atoms with Crippen LogP contribution in [0.2, 0.25) is 0 Å². The Bertz CT molecular complexity index is 492. The van der Waals surface area contributed by atoms with Crippen LogP contribution in [-0.4, -0.2) is 22.6 Å². The van der Waals surface area contributed by atoms with E-state index in [9.17, 15) is 14.9 Å². The maximum Gasteiger partial charge on any atom is 0.271 e. The molecule has 1 fully saturated rings. The lowest BCUT2D eigenvalue weighted by atomic mass is 10.2. The smallest absolute Gasteiger partial charge is 0.271 e. The number of carbonyl (C=O) groups excluding carboxylic acids is 1. The van der Waals surface area contributed by atoms with E-state index < -0.39 is 4.92 Å². The zero-order valence-corrected chi connectivity index (χ0v) is 9.76. The third kappa shape index (κ3) is 2.19. The number of nitro benzene ring substituents is 1. The van der Waals surface area contributed by atoms with Crippen LogP contribution in [0.3, 0.4) is 0 Å². The molecule has 1 aromatic rings. The van der Waals surface area contributed by atoms with Gasteiger partial charge in [-0.3, -0.25) is 14.9 Å². The Morgan fingerprint density at radius 1 is 1.53 bits per heavy atom. The van der Waals surface area contributed by atoms with Crippen LogP contribution in [0, 0.1) is 10.1 Å². The van der Waals surface area contributed by atoms with Crippen LogP contribution < -0.4 is 10.6 Å². The number of nitrogens with zero attached hydrogens (tertiary/aromatic N) is 2. The number of hydrogen-bond acceptors (Lipinski definition) is 5. The summed E-state index contributed by atoms with van der Waals surface area (Å²) in [5.74, 6) is -0.114. The number of non-ortho nitro benzene ring substituents is 1. The van der Waals surface area contributed by atoms with Crippen molar-refractivity contribution in [2.75, 3.05) is 17.2 Å². The number of nitrogens with two attached hydrogens (primary N) is 1. The number of amides is 1. The predicted octanol–water partition coefficient (Wildman–Crippen LogP) is 1.21. The van der Waals surface area contributed by atoms with Gasteiger partial charge in [-0.25, -0.2) is 0 Å². The minimum Gasteiger partial charge on any atom is -0.397 e. The number of thiol groups is 1. The Morgan fingerprint density at radius 3 is 2.76 bits per heavy atom. The molecular formula is C10H11N3O3S. The second-order valence-electron chi connectivity index (χ2n) is 3.86. The molecule has 7 heteroatoms. The molecule has 2 rings (SSSR count). The minimum absolute atomic E-state index is 0.0545. The van der Waals surface area contributed by atoms with Gasteiger partial charge in [0.05, 0.1) is 16.3 Å². The summed E-state index contributed by atoms with van der Waals surface area (Å²) in [5.41, 5.74) is 6.40. The highest BCUT2D eigenvalue weighted by Gasteiger charge is 2.30. The molecule has 0 bridgehead atoms. The van der Waals surface area contributed by atoms with Crippen LogP contribution in [0.25, 0.3) is 0 Å². The van der Waals surface area contributed by atoms with Gasteiger partial charge < -0.3 is 10.6 Å². The van der Waals surface area contributed by atoms with Crippen molar-refractivity contribution in [3.8, 4) is 0 Å². The molecule has 90 valence electrons. The number of anilines is 2. The summed E-state index contributed by atoms with van der Waals surface area (Å²) in [6, 6.07) is 4.07. The van der Waals surface area contributed by atoms with Gasteiger partial charge in [0.1, 0.15) is 0 Å². The maximum absolute atomic E-state index is 11.7. The number of nitro groups is 1. The molecule has 1 unspecified atom stereocenters. The summed E-state index contributed by atoms with van der Waals surface area (Å²) in [7, 11) is 0. The van der Waals surface area contributed by atoms with Crippen LogP contribution in [0.5, 0.6) is 0 Å². The zero-order chi connectivity index (χ0) is 12.6. The molecular weight excluding hydrogens is 242 g/mol. The van der Waals surface area contributed by atoms with Gasteiger partial charge in [-0.15, -0.1) is 0 Å². The van der Waals surface area contributed by atoms with Gasteiger partial charge in [0.25, 0.3) is 5.69 Å². The average molecular weight is 253 g/mol. The Morgan fingerprint density at radius 2 is 2.24 bits per heavy atom. The first-order valence-corrected chi connectivity index (χ1v) is 5.53. The number of carbonyl (C=O) groups is 1. The van der Waals surface area contributed by atoms with Crippen LogP contribution in [0.4, 0.5) is 17.1 Å². The summed E-state index contributed by atoms with van der Waals surface area (Å²) in [6.45, 7) is 0.424. The summed E-state index contributed by atoms with van der Waals surface area (Å²) >= 11 is 4.22. The topological polar surface area (TPSA) is 89.5 Å². The zero-order valence-electron chi connectivity index (χ0n) is 8.87. The van der Waals surface area contributed by atoms with Crippen molar-refractivity contribution in [3.05, 3.63) is 28.3 Å². The van der Waals surface area contributed by atoms with Crippen molar-refractivity contribution in [1.82, 2.24) is 0 Å². The van der Waals surface area contributed by atoms with Gasteiger partial charge in [0, 0.05) is 30.3 Å². The van der Waals surface area contributed by atoms with Gasteiger partial charge in [0.15, 0.2) is 0 Å². The highest BCUT2D eigenvalue weighted by molar-refractivity contribution is 7.81. The molecule has 1 heterocycles. The van der Waals surface area contributed by atoms with Crippen molar-refractivity contribution in [2.24, 2.45) is 0 Å². The molecule has 0 spiro atoms. The normalized spacial score (nSPS) is 19.7. The fourth-order valence-corrected chi connectivity index (χ4v) is 2.12. The molecule has 0 aromatic heterocycles. The highest BCUT2D eigenvalue weighted by atomic mass is 32.1. The minimum atomic E-state index is -0.512. The molecule has 2 N–H and O–H groups in total. The monoisotopic (exact) mass is 253 g/mol. The van der Waals surface area contributed by atoms with E-state index in [0.717, 1.165) is 0 Å². The Labute approximate surface area is 103 Å². The molecule has 1 aromatic carbocycles. The number of hydrogen-bond donors (Lipinski definition) is 2. The number of nitrogen functional groups attached to an aromatic ring is 1. The summed E-state index contributed by atoms with van der Waals surface area (Å²) in [4.78, 5) is 23.3. The summed E-state index contributed by atoms with van der Waals surface area (Å²) in [6.07, 6.45) is 0.325. The maximum atomic E-state index is 11.7. The Balaban J connectivity index is 2.41. The fraction of sp³-hybridized carbons (Fsp3) is 0.300. The molecule has 0 saturated carbocycles. The molecule has 17 heavy (non-hydrogen) atoms. The van der Waals surface area contributed by atoms with Crippen molar-refractivity contribution >= 4 is 35.6 Å². The SMILES string of the molecule is Nc1ccc([N+](=O)[O-])cc1N1CC(S)CC1=O. The van der Waals surface area contributed by atoms with Gasteiger partial charge in [-0.1, -0.05) is 0 Å². The van der Waals surface area contributed by atoms with Crippen LogP contribution in [-0.2, 0) is 4.79 Å². The summed E-state index contributed by atoms with van der Waals surface area (Å²) in [5, 5.41) is 10.6. The standard InChI is InChI=1S/C10H11N3O3S/c11-8-2-1-6(13(15)16)3-9(8)12-5-7(17)4-10(12)14/h1-3,7,17H,4-5,11H2. The van der Waals surface area contributed by atoms with E-state index in [1.165, 1.54) is 23.1 Å². The van der Waals surface area contributed by atoms with Crippen molar-refractivity contribution in [1.29, 1.82) is 0 Å². The first-order chi connectivity index (χ1) is 7.99.